The van der Waals surface area contributed by atoms with E-state index in [1.54, 1.807) is 10.5 Å². The highest BCUT2D eigenvalue weighted by atomic mass is 32.2. The molecule has 0 bridgehead atoms. The molecule has 0 atom stereocenters. The minimum Gasteiger partial charge on any atom is -0.354 e. The zero-order chi connectivity index (χ0) is 21.8. The van der Waals surface area contributed by atoms with Gasteiger partial charge in [-0.15, -0.1) is 0 Å². The number of aromatic nitrogens is 3. The lowest BCUT2D eigenvalue weighted by atomic mass is 10.2. The fraction of sp³-hybridized carbons (Fsp3) is 0.318. The van der Waals surface area contributed by atoms with E-state index in [9.17, 15) is 8.42 Å². The molecule has 1 aliphatic heterocycles. The van der Waals surface area contributed by atoms with Crippen LogP contribution >= 0.6 is 0 Å². The van der Waals surface area contributed by atoms with Gasteiger partial charge in [0.1, 0.15) is 23.8 Å². The van der Waals surface area contributed by atoms with E-state index in [4.69, 9.17) is 0 Å². The van der Waals surface area contributed by atoms with Crippen LogP contribution in [-0.4, -0.2) is 53.9 Å². The van der Waals surface area contributed by atoms with Crippen molar-refractivity contribution in [2.24, 2.45) is 0 Å². The van der Waals surface area contributed by atoms with Crippen molar-refractivity contribution >= 4 is 27.5 Å². The van der Waals surface area contributed by atoms with Gasteiger partial charge in [-0.25, -0.2) is 23.4 Å². The molecule has 3 heterocycles. The van der Waals surface area contributed by atoms with E-state index < -0.39 is 10.0 Å². The third-order valence-electron chi connectivity index (χ3n) is 5.25. The number of aryl methyl sites for hydroxylation is 2. The van der Waals surface area contributed by atoms with Crippen molar-refractivity contribution in [2.75, 3.05) is 36.4 Å². The lowest BCUT2D eigenvalue weighted by molar-refractivity contribution is 0.383. The largest absolute Gasteiger partial charge is 0.354 e. The summed E-state index contributed by atoms with van der Waals surface area (Å²) in [5, 5.41) is 3.19. The van der Waals surface area contributed by atoms with Crippen molar-refractivity contribution in [3.8, 4) is 0 Å². The fourth-order valence-electron chi connectivity index (χ4n) is 3.51. The number of hydrogen-bond acceptors (Lipinski definition) is 7. The second-order valence-corrected chi connectivity index (χ2v) is 9.70. The van der Waals surface area contributed by atoms with Crippen LogP contribution in [-0.2, 0) is 15.8 Å². The molecule has 1 aliphatic rings. The van der Waals surface area contributed by atoms with Gasteiger partial charge in [-0.05, 0) is 37.1 Å². The van der Waals surface area contributed by atoms with Gasteiger partial charge in [-0.3, -0.25) is 0 Å². The molecular formula is C22H26N6O2S. The Kier molecular flexibility index (Phi) is 6.15. The van der Waals surface area contributed by atoms with Crippen LogP contribution in [0.2, 0.25) is 0 Å². The van der Waals surface area contributed by atoms with Crippen LogP contribution in [0, 0.1) is 13.8 Å². The molecule has 0 unspecified atom stereocenters. The first-order chi connectivity index (χ1) is 14.9. The van der Waals surface area contributed by atoms with Crippen LogP contribution in [0.1, 0.15) is 16.7 Å². The highest BCUT2D eigenvalue weighted by molar-refractivity contribution is 7.88. The first-order valence-electron chi connectivity index (χ1n) is 10.2. The molecule has 3 aromatic rings. The predicted octanol–water partition coefficient (Wildman–Crippen LogP) is 2.88. The molecule has 1 fully saturated rings. The monoisotopic (exact) mass is 438 g/mol. The molecule has 0 spiro atoms. The average molecular weight is 439 g/mol. The lowest BCUT2D eigenvalue weighted by Crippen LogP contribution is -2.49. The van der Waals surface area contributed by atoms with Gasteiger partial charge in [0.25, 0.3) is 0 Å². The standard InChI is InChI=1S/C22H26N6O2S/c1-17-3-5-19(6-4-17)15-31(29,30)28-11-9-27(10-12-28)22-14-21(24-16-25-22)26-20-13-18(2)7-8-23-20/h3-8,13-14,16H,9-12,15H2,1-2H3,(H,23,24,25,26). The number of benzene rings is 1. The van der Waals surface area contributed by atoms with E-state index in [2.05, 4.69) is 25.2 Å². The third kappa shape index (κ3) is 5.36. The van der Waals surface area contributed by atoms with E-state index in [0.717, 1.165) is 28.3 Å². The first kappa shape index (κ1) is 21.2. The average Bonchev–Trinajstić information content (AvgIpc) is 2.76. The quantitative estimate of drug-likeness (QED) is 0.633. The van der Waals surface area contributed by atoms with E-state index in [1.807, 2.05) is 56.3 Å². The summed E-state index contributed by atoms with van der Waals surface area (Å²) in [6, 6.07) is 13.4. The molecule has 0 amide bonds. The number of nitrogens with zero attached hydrogens (tertiary/aromatic N) is 5. The van der Waals surface area contributed by atoms with Crippen molar-refractivity contribution in [3.05, 3.63) is 71.7 Å². The summed E-state index contributed by atoms with van der Waals surface area (Å²) in [5.74, 6) is 2.16. The molecular weight excluding hydrogens is 412 g/mol. The lowest BCUT2D eigenvalue weighted by Gasteiger charge is -2.34. The third-order valence-corrected chi connectivity index (χ3v) is 7.10. The van der Waals surface area contributed by atoms with Crippen LogP contribution in [0.15, 0.2) is 55.0 Å². The minimum absolute atomic E-state index is 0.0261. The van der Waals surface area contributed by atoms with Crippen LogP contribution in [0.3, 0.4) is 0 Å². The van der Waals surface area contributed by atoms with Gasteiger partial charge >= 0.3 is 0 Å². The molecule has 1 N–H and O–H groups in total. The molecule has 8 nitrogen and oxygen atoms in total. The van der Waals surface area contributed by atoms with Crippen LogP contribution < -0.4 is 10.2 Å². The molecule has 0 radical (unpaired) electrons. The highest BCUT2D eigenvalue weighted by Crippen LogP contribution is 2.21. The number of nitrogens with one attached hydrogen (secondary N) is 1. The summed E-state index contributed by atoms with van der Waals surface area (Å²) in [6.45, 7) is 6.01. The zero-order valence-corrected chi connectivity index (χ0v) is 18.5. The minimum atomic E-state index is -3.35. The maximum absolute atomic E-state index is 12.8. The van der Waals surface area contributed by atoms with Crippen molar-refractivity contribution in [1.29, 1.82) is 0 Å². The van der Waals surface area contributed by atoms with Gasteiger partial charge in [0.2, 0.25) is 10.0 Å². The molecule has 1 saturated heterocycles. The molecule has 2 aromatic heterocycles. The van der Waals surface area contributed by atoms with Crippen LogP contribution in [0.4, 0.5) is 17.5 Å². The van der Waals surface area contributed by atoms with Gasteiger partial charge in [0.05, 0.1) is 5.75 Å². The van der Waals surface area contributed by atoms with Crippen LogP contribution in [0.25, 0.3) is 0 Å². The normalized spacial score (nSPS) is 15.1. The smallest absolute Gasteiger partial charge is 0.218 e. The molecule has 0 aliphatic carbocycles. The number of pyridine rings is 1. The number of rotatable bonds is 6. The first-order valence-corrected chi connectivity index (χ1v) is 11.8. The Morgan fingerprint density at radius 3 is 2.29 bits per heavy atom. The number of sulfonamides is 1. The Bertz CT molecular complexity index is 1140. The number of piperazine rings is 1. The molecule has 0 saturated carbocycles. The van der Waals surface area contributed by atoms with E-state index in [0.29, 0.717) is 32.0 Å². The summed E-state index contributed by atoms with van der Waals surface area (Å²) < 4.78 is 27.2. The maximum atomic E-state index is 12.8. The van der Waals surface area contributed by atoms with E-state index in [1.165, 1.54) is 6.33 Å². The Morgan fingerprint density at radius 1 is 0.871 bits per heavy atom. The van der Waals surface area contributed by atoms with E-state index in [-0.39, 0.29) is 5.75 Å². The molecule has 162 valence electrons. The molecule has 31 heavy (non-hydrogen) atoms. The fourth-order valence-corrected chi connectivity index (χ4v) is 5.02. The van der Waals surface area contributed by atoms with E-state index >= 15 is 0 Å². The van der Waals surface area contributed by atoms with Gasteiger partial charge < -0.3 is 10.2 Å². The van der Waals surface area contributed by atoms with Crippen molar-refractivity contribution in [3.63, 3.8) is 0 Å². The summed E-state index contributed by atoms with van der Waals surface area (Å²) in [7, 11) is -3.35. The number of hydrogen-bond donors (Lipinski definition) is 1. The predicted molar refractivity (Wildman–Crippen MR) is 122 cm³/mol. The van der Waals surface area contributed by atoms with Gasteiger partial charge in [0.15, 0.2) is 0 Å². The molecule has 9 heteroatoms. The Hall–Kier alpha value is -3.04. The van der Waals surface area contributed by atoms with Crippen molar-refractivity contribution < 1.29 is 8.42 Å². The van der Waals surface area contributed by atoms with Crippen molar-refractivity contribution in [1.82, 2.24) is 19.3 Å². The molecule has 4 rings (SSSR count). The van der Waals surface area contributed by atoms with Crippen LogP contribution in [0.5, 0.6) is 0 Å². The number of anilines is 3. The molecule has 1 aromatic carbocycles. The SMILES string of the molecule is Cc1ccc(CS(=O)(=O)N2CCN(c3cc(Nc4cc(C)ccn4)ncn3)CC2)cc1. The highest BCUT2D eigenvalue weighted by Gasteiger charge is 2.27. The summed E-state index contributed by atoms with van der Waals surface area (Å²) in [4.78, 5) is 15.0. The Labute approximate surface area is 183 Å². The topological polar surface area (TPSA) is 91.3 Å². The second-order valence-electron chi connectivity index (χ2n) is 7.73. The van der Waals surface area contributed by atoms with Gasteiger partial charge in [0, 0.05) is 38.4 Å². The van der Waals surface area contributed by atoms with Crippen molar-refractivity contribution in [2.45, 2.75) is 19.6 Å². The summed E-state index contributed by atoms with van der Waals surface area (Å²) in [5.41, 5.74) is 3.03. The Balaban J connectivity index is 1.38. The Morgan fingerprint density at radius 2 is 1.58 bits per heavy atom. The van der Waals surface area contributed by atoms with Gasteiger partial charge in [-0.2, -0.15) is 4.31 Å². The maximum Gasteiger partial charge on any atom is 0.218 e. The van der Waals surface area contributed by atoms with Gasteiger partial charge in [-0.1, -0.05) is 29.8 Å². The summed E-state index contributed by atoms with van der Waals surface area (Å²) >= 11 is 0. The summed E-state index contributed by atoms with van der Waals surface area (Å²) in [6.07, 6.45) is 3.25. The zero-order valence-electron chi connectivity index (χ0n) is 17.7. The second kappa shape index (κ2) is 8.99.